The van der Waals surface area contributed by atoms with E-state index in [1.165, 1.54) is 97.7 Å². The van der Waals surface area contributed by atoms with Crippen LogP contribution in [0.3, 0.4) is 0 Å². The Morgan fingerprint density at radius 2 is 0.652 bits per heavy atom. The lowest BCUT2D eigenvalue weighted by molar-refractivity contribution is 1.17. The summed E-state index contributed by atoms with van der Waals surface area (Å²) < 4.78 is 4.97. The molecule has 0 aliphatic carbocycles. The third kappa shape index (κ3) is 6.70. The number of para-hydroxylation sites is 2. The molecule has 0 radical (unpaired) electrons. The number of nitrogens with zero attached hydrogens (tertiary/aromatic N) is 2. The van der Waals surface area contributed by atoms with Gasteiger partial charge in [0.05, 0.1) is 22.1 Å². The molecule has 0 unspecified atom stereocenters. The van der Waals surface area contributed by atoms with Crippen molar-refractivity contribution in [3.05, 3.63) is 279 Å². The van der Waals surface area contributed by atoms with Crippen molar-refractivity contribution in [3.63, 3.8) is 0 Å². The molecule has 0 amide bonds. The zero-order valence-corrected chi connectivity index (χ0v) is 39.0. The predicted octanol–water partition coefficient (Wildman–Crippen LogP) is 14.3. The molecule has 2 heterocycles. The third-order valence-electron chi connectivity index (χ3n) is 14.2. The molecule has 13 rings (SSSR count). The lowest BCUT2D eigenvalue weighted by Crippen LogP contribution is -2.74. The molecule has 0 fully saturated rings. The molecule has 0 aliphatic heterocycles. The van der Waals surface area contributed by atoms with E-state index in [4.69, 9.17) is 0 Å². The molecule has 0 aliphatic rings. The first-order valence-electron chi connectivity index (χ1n) is 23.8. The average molecular weight is 895 g/mol. The van der Waals surface area contributed by atoms with Crippen molar-refractivity contribution < 1.29 is 0 Å². The van der Waals surface area contributed by atoms with Gasteiger partial charge in [0.25, 0.3) is 0 Å². The summed E-state index contributed by atoms with van der Waals surface area (Å²) in [5.74, 6) is 0. The van der Waals surface area contributed by atoms with Crippen LogP contribution < -0.4 is 20.7 Å². The molecule has 13 aromatic rings. The molecule has 2 aromatic heterocycles. The fourth-order valence-electron chi connectivity index (χ4n) is 11.2. The van der Waals surface area contributed by atoms with Gasteiger partial charge < -0.3 is 9.13 Å². The van der Waals surface area contributed by atoms with E-state index in [2.05, 4.69) is 288 Å². The second kappa shape index (κ2) is 16.8. The van der Waals surface area contributed by atoms with Gasteiger partial charge in [-0.25, -0.2) is 0 Å². The number of hydrogen-bond acceptors (Lipinski definition) is 0. The lowest BCUT2D eigenvalue weighted by Gasteiger charge is -2.35. The van der Waals surface area contributed by atoms with Gasteiger partial charge in [0.1, 0.15) is 0 Å². The van der Waals surface area contributed by atoms with E-state index in [9.17, 15) is 0 Å². The van der Waals surface area contributed by atoms with Crippen LogP contribution in [0.15, 0.2) is 279 Å². The van der Waals surface area contributed by atoms with Gasteiger partial charge in [-0.2, -0.15) is 0 Å². The first kappa shape index (κ1) is 40.5. The summed E-state index contributed by atoms with van der Waals surface area (Å²) in [5.41, 5.74) is 14.2. The maximum absolute atomic E-state index is 2.98. The van der Waals surface area contributed by atoms with Gasteiger partial charge in [-0.3, -0.25) is 0 Å². The van der Waals surface area contributed by atoms with Gasteiger partial charge in [0.15, 0.2) is 8.07 Å². The fourth-order valence-corrected chi connectivity index (χ4v) is 16.2. The van der Waals surface area contributed by atoms with Crippen molar-refractivity contribution in [2.24, 2.45) is 0 Å². The maximum atomic E-state index is 2.51. The van der Waals surface area contributed by atoms with E-state index in [1.807, 2.05) is 0 Å². The highest BCUT2D eigenvalue weighted by Gasteiger charge is 2.43. The molecule has 11 aromatic carbocycles. The summed E-state index contributed by atoms with van der Waals surface area (Å²) in [6.45, 7) is 0. The van der Waals surface area contributed by atoms with Crippen molar-refractivity contribution in [3.8, 4) is 44.8 Å². The van der Waals surface area contributed by atoms with Crippen molar-refractivity contribution in [2.75, 3.05) is 0 Å². The smallest absolute Gasteiger partial charge is 0.180 e. The largest absolute Gasteiger partial charge is 0.309 e. The van der Waals surface area contributed by atoms with Crippen LogP contribution >= 0.6 is 0 Å². The van der Waals surface area contributed by atoms with E-state index in [0.717, 1.165) is 11.4 Å². The monoisotopic (exact) mass is 894 g/mol. The summed E-state index contributed by atoms with van der Waals surface area (Å²) in [7, 11) is -2.98. The highest BCUT2D eigenvalue weighted by molar-refractivity contribution is 7.20. The average Bonchev–Trinajstić information content (AvgIpc) is 3.95. The van der Waals surface area contributed by atoms with Gasteiger partial charge >= 0.3 is 0 Å². The highest BCUT2D eigenvalue weighted by atomic mass is 28.3. The molecule has 0 atom stereocenters. The quantitative estimate of drug-likeness (QED) is 0.101. The highest BCUT2D eigenvalue weighted by Crippen LogP contribution is 2.39. The number of rotatable bonds is 9. The normalized spacial score (nSPS) is 11.8. The number of fused-ring (bicyclic) bond motifs is 6. The molecule has 69 heavy (non-hydrogen) atoms. The van der Waals surface area contributed by atoms with Crippen LogP contribution in [0.2, 0.25) is 0 Å². The molecule has 3 heteroatoms. The minimum atomic E-state index is -2.98. The van der Waals surface area contributed by atoms with Crippen molar-refractivity contribution in [1.82, 2.24) is 9.13 Å². The van der Waals surface area contributed by atoms with Gasteiger partial charge in [-0.15, -0.1) is 0 Å². The molecule has 0 bridgehead atoms. The van der Waals surface area contributed by atoms with E-state index >= 15 is 0 Å². The second-order valence-electron chi connectivity index (χ2n) is 18.0. The van der Waals surface area contributed by atoms with Crippen LogP contribution in [0.1, 0.15) is 0 Å². The molecule has 0 spiro atoms. The first-order chi connectivity index (χ1) is 34.2. The zero-order valence-electron chi connectivity index (χ0n) is 38.0. The first-order valence-corrected chi connectivity index (χ1v) is 25.8. The van der Waals surface area contributed by atoms with E-state index in [1.54, 1.807) is 0 Å². The lowest BCUT2D eigenvalue weighted by atomic mass is 9.98. The van der Waals surface area contributed by atoms with E-state index < -0.39 is 8.07 Å². The van der Waals surface area contributed by atoms with Crippen LogP contribution in [-0.4, -0.2) is 17.2 Å². The van der Waals surface area contributed by atoms with E-state index in [-0.39, 0.29) is 0 Å². The Kier molecular flexibility index (Phi) is 9.88. The Morgan fingerprint density at radius 3 is 1.23 bits per heavy atom. The van der Waals surface area contributed by atoms with E-state index in [0.29, 0.717) is 0 Å². The molecule has 0 N–H and O–H groups in total. The summed E-state index contributed by atoms with van der Waals surface area (Å²) in [4.78, 5) is 0. The molecule has 324 valence electrons. The zero-order chi connectivity index (χ0) is 45.7. The molecular weight excluding hydrogens is 849 g/mol. The third-order valence-corrected chi connectivity index (χ3v) is 19.1. The molecule has 2 nitrogen and oxygen atoms in total. The summed E-state index contributed by atoms with van der Waals surface area (Å²) in [6, 6.07) is 103. The number of benzene rings is 11. The Hall–Kier alpha value is -8.76. The standard InChI is InChI=1S/C66H46N2Si/c1-6-21-47(22-7-1)50-37-40-57(41-38-50)69(55-27-12-4-13-28-55,56-29-14-5-15-30-56)65-36-20-35-64-66(65)59-32-17-19-34-62(59)67(64)53-39-42-63-60(46-53)58-31-16-18-33-61(58)68(63)54-44-51(48-23-8-2-9-24-48)43-52(45-54)49-25-10-3-11-26-49/h1-46H. The van der Waals surface area contributed by atoms with Gasteiger partial charge in [0, 0.05) is 32.9 Å². The van der Waals surface area contributed by atoms with Crippen LogP contribution in [0.4, 0.5) is 0 Å². The summed E-state index contributed by atoms with van der Waals surface area (Å²) >= 11 is 0. The van der Waals surface area contributed by atoms with Gasteiger partial charge in [-0.1, -0.05) is 224 Å². The molecular formula is C66H46N2Si. The fraction of sp³-hybridized carbons (Fsp3) is 0. The SMILES string of the molecule is c1ccc(-c2ccc([Si](c3ccccc3)(c3ccccc3)c3cccc4c3c3ccccc3n4-c3ccc4c(c3)c3ccccc3n4-c3cc(-c4ccccc4)cc(-c4ccccc4)c3)cc2)cc1. The summed E-state index contributed by atoms with van der Waals surface area (Å²) in [6.07, 6.45) is 0. The van der Waals surface area contributed by atoms with Crippen molar-refractivity contribution in [2.45, 2.75) is 0 Å². The molecule has 0 saturated carbocycles. The van der Waals surface area contributed by atoms with Crippen LogP contribution in [0.5, 0.6) is 0 Å². The predicted molar refractivity (Wildman–Crippen MR) is 295 cm³/mol. The Bertz CT molecular complexity index is 3870. The number of aromatic nitrogens is 2. The van der Waals surface area contributed by atoms with Crippen LogP contribution in [0.25, 0.3) is 88.4 Å². The summed E-state index contributed by atoms with van der Waals surface area (Å²) in [5, 5.41) is 10.4. The minimum Gasteiger partial charge on any atom is -0.309 e. The van der Waals surface area contributed by atoms with Gasteiger partial charge in [0.2, 0.25) is 0 Å². The Morgan fingerprint density at radius 1 is 0.232 bits per heavy atom. The maximum Gasteiger partial charge on any atom is 0.180 e. The van der Waals surface area contributed by atoms with Gasteiger partial charge in [-0.05, 0) is 109 Å². The van der Waals surface area contributed by atoms with Crippen molar-refractivity contribution >= 4 is 72.4 Å². The minimum absolute atomic E-state index is 1.13. The Balaban J connectivity index is 1.06. The van der Waals surface area contributed by atoms with Crippen LogP contribution in [0, 0.1) is 0 Å². The second-order valence-corrected chi connectivity index (χ2v) is 21.8. The topological polar surface area (TPSA) is 9.86 Å². The van der Waals surface area contributed by atoms with Crippen LogP contribution in [-0.2, 0) is 0 Å². The van der Waals surface area contributed by atoms with Crippen molar-refractivity contribution in [1.29, 1.82) is 0 Å². The Labute approximate surface area is 403 Å². The number of hydrogen-bond donors (Lipinski definition) is 0. The molecule has 0 saturated heterocycles.